The van der Waals surface area contributed by atoms with Gasteiger partial charge in [0.15, 0.2) is 5.78 Å². The number of ether oxygens (including phenoxy) is 1. The number of benzene rings is 1. The molecule has 0 aromatic heterocycles. The Labute approximate surface area is 124 Å². The maximum atomic E-state index is 12.7. The molecule has 3 rings (SSSR count). The van der Waals surface area contributed by atoms with Crippen LogP contribution in [0.25, 0.3) is 0 Å². The van der Waals surface area contributed by atoms with E-state index in [-0.39, 0.29) is 23.7 Å². The number of nitrogens with one attached hydrogen (secondary N) is 1. The predicted molar refractivity (Wildman–Crippen MR) is 79.6 cm³/mol. The third-order valence-corrected chi connectivity index (χ3v) is 4.50. The minimum atomic E-state index is -0.0677. The number of carbonyl (C=O) groups is 2. The number of ketones is 1. The number of carbonyl (C=O) groups excluding carboxylic acids is 2. The Morgan fingerprint density at radius 3 is 3.10 bits per heavy atom. The van der Waals surface area contributed by atoms with Gasteiger partial charge < -0.3 is 10.1 Å². The van der Waals surface area contributed by atoms with Crippen molar-refractivity contribution in [3.05, 3.63) is 34.9 Å². The monoisotopic (exact) mass is 287 g/mol. The fourth-order valence-electron chi connectivity index (χ4n) is 3.30. The van der Waals surface area contributed by atoms with E-state index in [1.54, 1.807) is 6.07 Å². The van der Waals surface area contributed by atoms with Gasteiger partial charge in [-0.15, -0.1) is 0 Å². The van der Waals surface area contributed by atoms with E-state index >= 15 is 0 Å². The van der Waals surface area contributed by atoms with E-state index in [9.17, 15) is 9.59 Å². The van der Waals surface area contributed by atoms with Crippen molar-refractivity contribution in [1.82, 2.24) is 5.32 Å². The lowest BCUT2D eigenvalue weighted by Gasteiger charge is -2.16. The lowest BCUT2D eigenvalue weighted by atomic mass is 9.89. The molecule has 21 heavy (non-hydrogen) atoms. The maximum Gasteiger partial charge on any atom is 0.251 e. The van der Waals surface area contributed by atoms with E-state index in [1.165, 1.54) is 0 Å². The van der Waals surface area contributed by atoms with Crippen molar-refractivity contribution < 1.29 is 14.3 Å². The normalized spacial score (nSPS) is 25.1. The van der Waals surface area contributed by atoms with Crippen molar-refractivity contribution in [3.63, 3.8) is 0 Å². The molecule has 1 aromatic carbocycles. The van der Waals surface area contributed by atoms with Crippen molar-refractivity contribution in [1.29, 1.82) is 0 Å². The Morgan fingerprint density at radius 1 is 1.43 bits per heavy atom. The van der Waals surface area contributed by atoms with Crippen LogP contribution in [0, 0.1) is 5.92 Å². The maximum absolute atomic E-state index is 12.7. The SMILES string of the molecule is CCC1OCCC1C(=O)c1ccc2c(c1)C(=O)NCCC2. The minimum Gasteiger partial charge on any atom is -0.377 e. The third-order valence-electron chi connectivity index (χ3n) is 4.50. The summed E-state index contributed by atoms with van der Waals surface area (Å²) in [5, 5.41) is 2.88. The van der Waals surface area contributed by atoms with Crippen molar-refractivity contribution in [2.24, 2.45) is 5.92 Å². The molecule has 4 heteroatoms. The van der Waals surface area contributed by atoms with Crippen LogP contribution in [0.4, 0.5) is 0 Å². The number of amides is 1. The topological polar surface area (TPSA) is 55.4 Å². The molecule has 0 radical (unpaired) electrons. The molecule has 0 bridgehead atoms. The van der Waals surface area contributed by atoms with Crippen LogP contribution < -0.4 is 5.32 Å². The zero-order valence-corrected chi connectivity index (χ0v) is 12.4. The molecule has 0 saturated carbocycles. The molecule has 2 aliphatic heterocycles. The Kier molecular flexibility index (Phi) is 4.06. The lowest BCUT2D eigenvalue weighted by molar-refractivity contribution is 0.0689. The molecule has 112 valence electrons. The van der Waals surface area contributed by atoms with E-state index in [0.29, 0.717) is 24.3 Å². The molecule has 1 saturated heterocycles. The van der Waals surface area contributed by atoms with Crippen LogP contribution in [0.5, 0.6) is 0 Å². The van der Waals surface area contributed by atoms with Gasteiger partial charge in [0.2, 0.25) is 0 Å². The number of aryl methyl sites for hydroxylation is 1. The highest BCUT2D eigenvalue weighted by Gasteiger charge is 2.33. The highest BCUT2D eigenvalue weighted by molar-refractivity contribution is 6.02. The summed E-state index contributed by atoms with van der Waals surface area (Å²) in [6.45, 7) is 3.40. The average Bonchev–Trinajstić information content (AvgIpc) is 2.91. The van der Waals surface area contributed by atoms with Crippen LogP contribution in [0.1, 0.15) is 52.5 Å². The molecule has 1 amide bonds. The standard InChI is InChI=1S/C17H21NO3/c1-2-15-13(7-9-21-15)16(19)12-6-5-11-4-3-8-18-17(20)14(11)10-12/h5-6,10,13,15H,2-4,7-9H2,1H3,(H,18,20). The summed E-state index contributed by atoms with van der Waals surface area (Å²) in [5.74, 6) is -0.0204. The molecule has 4 nitrogen and oxygen atoms in total. The van der Waals surface area contributed by atoms with Gasteiger partial charge in [-0.3, -0.25) is 9.59 Å². The first-order valence-corrected chi connectivity index (χ1v) is 7.77. The summed E-state index contributed by atoms with van der Waals surface area (Å²) < 4.78 is 5.61. The summed E-state index contributed by atoms with van der Waals surface area (Å²) in [5.41, 5.74) is 2.33. The van der Waals surface area contributed by atoms with Crippen LogP contribution in [0.3, 0.4) is 0 Å². The Bertz CT molecular complexity index is 567. The van der Waals surface area contributed by atoms with Gasteiger partial charge in [-0.25, -0.2) is 0 Å². The third kappa shape index (κ3) is 2.72. The van der Waals surface area contributed by atoms with E-state index in [1.807, 2.05) is 19.1 Å². The van der Waals surface area contributed by atoms with Crippen LogP contribution >= 0.6 is 0 Å². The van der Waals surface area contributed by atoms with Crippen LogP contribution in [-0.2, 0) is 11.2 Å². The van der Waals surface area contributed by atoms with Gasteiger partial charge >= 0.3 is 0 Å². The first-order valence-electron chi connectivity index (χ1n) is 7.77. The van der Waals surface area contributed by atoms with Gasteiger partial charge in [0, 0.05) is 24.3 Å². The van der Waals surface area contributed by atoms with Gasteiger partial charge in [0.05, 0.1) is 12.0 Å². The Balaban J connectivity index is 1.89. The molecular weight excluding hydrogens is 266 g/mol. The molecule has 1 fully saturated rings. The zero-order valence-electron chi connectivity index (χ0n) is 12.4. The molecule has 1 aromatic rings. The molecule has 0 spiro atoms. The van der Waals surface area contributed by atoms with Crippen LogP contribution in [0.15, 0.2) is 18.2 Å². The Hall–Kier alpha value is -1.68. The molecule has 1 N–H and O–H groups in total. The summed E-state index contributed by atoms with van der Waals surface area (Å²) in [6.07, 6.45) is 3.47. The van der Waals surface area contributed by atoms with Gasteiger partial charge in [-0.2, -0.15) is 0 Å². The summed E-state index contributed by atoms with van der Waals surface area (Å²) in [7, 11) is 0. The van der Waals surface area contributed by atoms with Crippen molar-refractivity contribution in [2.75, 3.05) is 13.2 Å². The van der Waals surface area contributed by atoms with Crippen molar-refractivity contribution >= 4 is 11.7 Å². The second kappa shape index (κ2) is 5.98. The molecule has 2 unspecified atom stereocenters. The van der Waals surface area contributed by atoms with Crippen molar-refractivity contribution in [2.45, 2.75) is 38.7 Å². The lowest BCUT2D eigenvalue weighted by Crippen LogP contribution is -2.25. The number of Topliss-reactive ketones (excluding diaryl/α,β-unsaturated/α-hetero) is 1. The second-order valence-corrected chi connectivity index (χ2v) is 5.81. The van der Waals surface area contributed by atoms with E-state index < -0.39 is 0 Å². The van der Waals surface area contributed by atoms with E-state index in [4.69, 9.17) is 4.74 Å². The average molecular weight is 287 g/mol. The fourth-order valence-corrected chi connectivity index (χ4v) is 3.30. The largest absolute Gasteiger partial charge is 0.377 e. The summed E-state index contributed by atoms with van der Waals surface area (Å²) in [4.78, 5) is 24.8. The second-order valence-electron chi connectivity index (χ2n) is 5.81. The van der Waals surface area contributed by atoms with Crippen LogP contribution in [-0.4, -0.2) is 30.9 Å². The fraction of sp³-hybridized carbons (Fsp3) is 0.529. The molecule has 2 atom stereocenters. The van der Waals surface area contributed by atoms with Crippen molar-refractivity contribution in [3.8, 4) is 0 Å². The van der Waals surface area contributed by atoms with E-state index in [0.717, 1.165) is 31.2 Å². The first-order chi connectivity index (χ1) is 10.2. The number of hydrogen-bond donors (Lipinski definition) is 1. The summed E-state index contributed by atoms with van der Waals surface area (Å²) in [6, 6.07) is 5.57. The molecule has 0 aliphatic carbocycles. The number of rotatable bonds is 3. The van der Waals surface area contributed by atoms with Crippen LogP contribution in [0.2, 0.25) is 0 Å². The number of fused-ring (bicyclic) bond motifs is 1. The van der Waals surface area contributed by atoms with Gasteiger partial charge in [0.1, 0.15) is 0 Å². The van der Waals surface area contributed by atoms with Gasteiger partial charge in [-0.05, 0) is 37.3 Å². The van der Waals surface area contributed by atoms with Gasteiger partial charge in [-0.1, -0.05) is 19.1 Å². The smallest absolute Gasteiger partial charge is 0.251 e. The predicted octanol–water partition coefficient (Wildman–Crippen LogP) is 2.36. The zero-order chi connectivity index (χ0) is 14.8. The first kappa shape index (κ1) is 14.3. The highest BCUT2D eigenvalue weighted by atomic mass is 16.5. The van der Waals surface area contributed by atoms with Gasteiger partial charge in [0.25, 0.3) is 5.91 Å². The minimum absolute atomic E-state index is 0.0186. The molecular formula is C17H21NO3. The molecule has 2 aliphatic rings. The number of hydrogen-bond acceptors (Lipinski definition) is 3. The summed E-state index contributed by atoms with van der Waals surface area (Å²) >= 11 is 0. The Morgan fingerprint density at radius 2 is 2.29 bits per heavy atom. The molecule has 2 heterocycles. The van der Waals surface area contributed by atoms with E-state index in [2.05, 4.69) is 5.32 Å². The quantitative estimate of drug-likeness (QED) is 0.868. The highest BCUT2D eigenvalue weighted by Crippen LogP contribution is 2.28.